The standard InChI is InChI=1S/C17H15Cl2NO4S2/c1-10-6-17(13(19)7-12(10)18)26(22,23)20-8-14(21)16-3-2-15(24-16)11-4-5-25-9-11/h2-7,9,14,20-21H,8H2,1H3/t14-/m1/s1. The van der Waals surface area contributed by atoms with Crippen molar-refractivity contribution in [3.8, 4) is 11.3 Å². The number of hydrogen-bond acceptors (Lipinski definition) is 5. The van der Waals surface area contributed by atoms with Crippen LogP contribution < -0.4 is 4.72 Å². The maximum absolute atomic E-state index is 12.5. The van der Waals surface area contributed by atoms with E-state index in [9.17, 15) is 13.5 Å². The lowest BCUT2D eigenvalue weighted by Gasteiger charge is -2.12. The molecule has 1 atom stereocenters. The summed E-state index contributed by atoms with van der Waals surface area (Å²) in [7, 11) is -3.91. The molecule has 0 bridgehead atoms. The second-order valence-electron chi connectivity index (χ2n) is 5.61. The van der Waals surface area contributed by atoms with Gasteiger partial charge in [0.25, 0.3) is 0 Å². The van der Waals surface area contributed by atoms with E-state index in [4.69, 9.17) is 27.6 Å². The predicted molar refractivity (Wildman–Crippen MR) is 103 cm³/mol. The lowest BCUT2D eigenvalue weighted by molar-refractivity contribution is 0.155. The van der Waals surface area contributed by atoms with Crippen LogP contribution in [0.15, 0.2) is 50.4 Å². The van der Waals surface area contributed by atoms with Gasteiger partial charge in [-0.15, -0.1) is 0 Å². The Labute approximate surface area is 165 Å². The molecule has 0 radical (unpaired) electrons. The Hall–Kier alpha value is -1.35. The normalized spacial score (nSPS) is 13.1. The number of benzene rings is 1. The lowest BCUT2D eigenvalue weighted by Crippen LogP contribution is -2.28. The Kier molecular flexibility index (Phi) is 5.76. The van der Waals surface area contributed by atoms with Gasteiger partial charge in [0.2, 0.25) is 10.0 Å². The van der Waals surface area contributed by atoms with E-state index < -0.39 is 16.1 Å². The van der Waals surface area contributed by atoms with Crippen LogP contribution in [-0.4, -0.2) is 20.1 Å². The molecule has 0 saturated carbocycles. The third-order valence-corrected chi connectivity index (χ3v) is 6.71. The topological polar surface area (TPSA) is 79.5 Å². The van der Waals surface area contributed by atoms with Crippen LogP contribution in [0.25, 0.3) is 11.3 Å². The molecule has 138 valence electrons. The molecule has 2 heterocycles. The Morgan fingerprint density at radius 3 is 2.69 bits per heavy atom. The predicted octanol–water partition coefficient (Wildman–Crippen LogP) is 4.64. The monoisotopic (exact) mass is 431 g/mol. The van der Waals surface area contributed by atoms with Crippen LogP contribution >= 0.6 is 34.5 Å². The van der Waals surface area contributed by atoms with E-state index in [0.29, 0.717) is 16.3 Å². The number of aryl methyl sites for hydroxylation is 1. The maximum atomic E-state index is 12.5. The van der Waals surface area contributed by atoms with Gasteiger partial charge in [0.1, 0.15) is 22.5 Å². The highest BCUT2D eigenvalue weighted by Crippen LogP contribution is 2.29. The Bertz CT molecular complexity index is 1010. The van der Waals surface area contributed by atoms with Crippen molar-refractivity contribution < 1.29 is 17.9 Å². The number of aliphatic hydroxyl groups excluding tert-OH is 1. The zero-order valence-corrected chi connectivity index (χ0v) is 16.7. The minimum absolute atomic E-state index is 0.0142. The van der Waals surface area contributed by atoms with Crippen molar-refractivity contribution in [3.05, 3.63) is 62.5 Å². The molecule has 3 rings (SSSR count). The van der Waals surface area contributed by atoms with Gasteiger partial charge in [-0.2, -0.15) is 11.3 Å². The van der Waals surface area contributed by atoms with E-state index in [-0.39, 0.29) is 22.2 Å². The van der Waals surface area contributed by atoms with Crippen LogP contribution in [0.5, 0.6) is 0 Å². The van der Waals surface area contributed by atoms with Crippen LogP contribution in [0.1, 0.15) is 17.4 Å². The summed E-state index contributed by atoms with van der Waals surface area (Å²) < 4.78 is 32.9. The van der Waals surface area contributed by atoms with Gasteiger partial charge in [-0.25, -0.2) is 13.1 Å². The largest absolute Gasteiger partial charge is 0.458 e. The van der Waals surface area contributed by atoms with E-state index in [1.54, 1.807) is 19.1 Å². The van der Waals surface area contributed by atoms with Crippen molar-refractivity contribution in [2.75, 3.05) is 6.54 Å². The number of halogens is 2. The quantitative estimate of drug-likeness (QED) is 0.595. The number of sulfonamides is 1. The van der Waals surface area contributed by atoms with Crippen LogP contribution in [-0.2, 0) is 10.0 Å². The minimum atomic E-state index is -3.91. The summed E-state index contributed by atoms with van der Waals surface area (Å²) in [6.45, 7) is 1.43. The summed E-state index contributed by atoms with van der Waals surface area (Å²) in [6.07, 6.45) is -1.13. The summed E-state index contributed by atoms with van der Waals surface area (Å²) in [5.74, 6) is 0.881. The fraction of sp³-hybridized carbons (Fsp3) is 0.176. The van der Waals surface area contributed by atoms with E-state index in [1.165, 1.54) is 23.5 Å². The molecule has 0 amide bonds. The van der Waals surface area contributed by atoms with Gasteiger partial charge in [0, 0.05) is 22.5 Å². The SMILES string of the molecule is Cc1cc(S(=O)(=O)NC[C@@H](O)c2ccc(-c3ccsc3)o2)c(Cl)cc1Cl. The first-order valence-corrected chi connectivity index (χ1v) is 10.7. The zero-order valence-electron chi connectivity index (χ0n) is 13.6. The highest BCUT2D eigenvalue weighted by atomic mass is 35.5. The molecule has 5 nitrogen and oxygen atoms in total. The molecule has 3 aromatic rings. The number of hydrogen-bond donors (Lipinski definition) is 2. The summed E-state index contributed by atoms with van der Waals surface area (Å²) in [5.41, 5.74) is 1.49. The van der Waals surface area contributed by atoms with Crippen molar-refractivity contribution in [3.63, 3.8) is 0 Å². The number of nitrogens with one attached hydrogen (secondary N) is 1. The number of thiophene rings is 1. The van der Waals surface area contributed by atoms with E-state index >= 15 is 0 Å². The van der Waals surface area contributed by atoms with Gasteiger partial charge < -0.3 is 9.52 Å². The first kappa shape index (κ1) is 19.4. The third-order valence-electron chi connectivity index (χ3n) is 3.73. The van der Waals surface area contributed by atoms with E-state index in [0.717, 1.165) is 5.56 Å². The molecular weight excluding hydrogens is 417 g/mol. The fourth-order valence-corrected chi connectivity index (χ4v) is 4.81. The molecule has 0 saturated heterocycles. The van der Waals surface area contributed by atoms with Crippen molar-refractivity contribution >= 4 is 44.6 Å². The molecule has 0 fully saturated rings. The molecule has 0 spiro atoms. The highest BCUT2D eigenvalue weighted by molar-refractivity contribution is 7.89. The van der Waals surface area contributed by atoms with Gasteiger partial charge in [0.05, 0.1) is 5.02 Å². The second-order valence-corrected chi connectivity index (χ2v) is 8.94. The zero-order chi connectivity index (χ0) is 18.9. The van der Waals surface area contributed by atoms with E-state index in [2.05, 4.69) is 4.72 Å². The molecule has 1 aromatic carbocycles. The molecular formula is C17H15Cl2NO4S2. The summed E-state index contributed by atoms with van der Waals surface area (Å²) in [6, 6.07) is 8.01. The van der Waals surface area contributed by atoms with Crippen LogP contribution in [0.2, 0.25) is 10.0 Å². The van der Waals surface area contributed by atoms with Crippen LogP contribution in [0, 0.1) is 6.92 Å². The number of rotatable bonds is 6. The van der Waals surface area contributed by atoms with Crippen LogP contribution in [0.4, 0.5) is 0 Å². The van der Waals surface area contributed by atoms with E-state index in [1.807, 2.05) is 16.8 Å². The molecule has 2 aromatic heterocycles. The molecule has 2 N–H and O–H groups in total. The first-order chi connectivity index (χ1) is 12.3. The molecule has 0 unspecified atom stereocenters. The molecule has 0 aliphatic heterocycles. The molecule has 0 aliphatic rings. The Morgan fingerprint density at radius 1 is 1.23 bits per heavy atom. The third kappa shape index (κ3) is 4.14. The Morgan fingerprint density at radius 2 is 2.00 bits per heavy atom. The fourth-order valence-electron chi connectivity index (χ4n) is 2.30. The second kappa shape index (κ2) is 7.72. The van der Waals surface area contributed by atoms with Gasteiger partial charge >= 0.3 is 0 Å². The molecule has 9 heteroatoms. The van der Waals surface area contributed by atoms with Crippen molar-refractivity contribution in [2.24, 2.45) is 0 Å². The summed E-state index contributed by atoms with van der Waals surface area (Å²) >= 11 is 13.5. The lowest BCUT2D eigenvalue weighted by atomic mass is 10.2. The van der Waals surface area contributed by atoms with Crippen molar-refractivity contribution in [1.29, 1.82) is 0 Å². The average Bonchev–Trinajstić information content (AvgIpc) is 3.26. The molecule has 26 heavy (non-hydrogen) atoms. The van der Waals surface area contributed by atoms with Gasteiger partial charge in [-0.1, -0.05) is 23.2 Å². The molecule has 0 aliphatic carbocycles. The summed E-state index contributed by atoms with van der Waals surface area (Å²) in [4.78, 5) is -0.0910. The van der Waals surface area contributed by atoms with Gasteiger partial charge in [-0.3, -0.25) is 0 Å². The first-order valence-electron chi connectivity index (χ1n) is 7.53. The maximum Gasteiger partial charge on any atom is 0.242 e. The van der Waals surface area contributed by atoms with Crippen molar-refractivity contribution in [1.82, 2.24) is 4.72 Å². The van der Waals surface area contributed by atoms with Crippen LogP contribution in [0.3, 0.4) is 0 Å². The Balaban J connectivity index is 1.73. The summed E-state index contributed by atoms with van der Waals surface area (Å²) in [5, 5.41) is 14.5. The number of furan rings is 1. The number of aliphatic hydroxyl groups is 1. The average molecular weight is 432 g/mol. The van der Waals surface area contributed by atoms with Gasteiger partial charge in [0.15, 0.2) is 0 Å². The smallest absolute Gasteiger partial charge is 0.242 e. The minimum Gasteiger partial charge on any atom is -0.458 e. The van der Waals surface area contributed by atoms with Gasteiger partial charge in [-0.05, 0) is 48.2 Å². The van der Waals surface area contributed by atoms with Crippen molar-refractivity contribution in [2.45, 2.75) is 17.9 Å². The highest BCUT2D eigenvalue weighted by Gasteiger charge is 2.22.